The van der Waals surface area contributed by atoms with Crippen molar-refractivity contribution in [1.29, 1.82) is 0 Å². The molecule has 0 unspecified atom stereocenters. The van der Waals surface area contributed by atoms with E-state index >= 15 is 0 Å². The number of hydrogen-bond donors (Lipinski definition) is 0. The fourth-order valence-electron chi connectivity index (χ4n) is 0.991. The molecule has 0 bridgehead atoms. The molecule has 0 saturated heterocycles. The van der Waals surface area contributed by atoms with Crippen LogP contribution < -0.4 is 4.74 Å². The summed E-state index contributed by atoms with van der Waals surface area (Å²) in [5.74, 6) is 0.891. The van der Waals surface area contributed by atoms with Crippen molar-refractivity contribution in [3.8, 4) is 5.75 Å². The molecule has 0 saturated carbocycles. The summed E-state index contributed by atoms with van der Waals surface area (Å²) in [6.07, 6.45) is 2.21. The molecule has 0 atom stereocenters. The maximum Gasteiger partial charge on any atom is 0.147 e. The minimum Gasteiger partial charge on any atom is -0.491 e. The van der Waals surface area contributed by atoms with Gasteiger partial charge in [-0.2, -0.15) is 0 Å². The molecule has 0 amide bonds. The van der Waals surface area contributed by atoms with Gasteiger partial charge in [0.05, 0.1) is 15.6 Å². The predicted molar refractivity (Wildman–Crippen MR) is 70.4 cm³/mol. The molecule has 0 aliphatic rings. The largest absolute Gasteiger partial charge is 0.491 e. The number of hydrogen-bond acceptors (Lipinski definition) is 1. The predicted octanol–water partition coefficient (Wildman–Crippen LogP) is 4.77. The summed E-state index contributed by atoms with van der Waals surface area (Å²) in [6.45, 7) is 0.757. The van der Waals surface area contributed by atoms with E-state index in [2.05, 4.69) is 47.8 Å². The zero-order valence-electron chi connectivity index (χ0n) is 7.60. The second kappa shape index (κ2) is 6.85. The minimum absolute atomic E-state index is 0.757. The van der Waals surface area contributed by atoms with Crippen molar-refractivity contribution in [3.63, 3.8) is 0 Å². The van der Waals surface area contributed by atoms with E-state index in [-0.39, 0.29) is 0 Å². The van der Waals surface area contributed by atoms with Crippen molar-refractivity contribution in [2.45, 2.75) is 12.8 Å². The molecular formula is C10H11Br3O. The first-order chi connectivity index (χ1) is 6.75. The molecule has 4 heteroatoms. The van der Waals surface area contributed by atoms with Crippen molar-refractivity contribution in [3.05, 3.63) is 27.1 Å². The molecule has 0 N–H and O–H groups in total. The number of para-hydroxylation sites is 1. The number of alkyl halides is 1. The van der Waals surface area contributed by atoms with Gasteiger partial charge in [0, 0.05) is 5.33 Å². The maximum atomic E-state index is 5.66. The standard InChI is InChI=1S/C10H11Br3O/c11-6-1-2-7-14-10-8(12)4-3-5-9(10)13/h3-5H,1-2,6-7H2. The summed E-state index contributed by atoms with van der Waals surface area (Å²) in [6, 6.07) is 5.93. The Hall–Kier alpha value is 0.460. The fourth-order valence-corrected chi connectivity index (χ4v) is 2.62. The third kappa shape index (κ3) is 3.91. The number of unbranched alkanes of at least 4 members (excludes halogenated alkanes) is 1. The lowest BCUT2D eigenvalue weighted by Gasteiger charge is -2.09. The SMILES string of the molecule is BrCCCCOc1c(Br)cccc1Br. The van der Waals surface area contributed by atoms with Crippen molar-refractivity contribution >= 4 is 47.8 Å². The Morgan fingerprint density at radius 2 is 1.71 bits per heavy atom. The van der Waals surface area contributed by atoms with Gasteiger partial charge in [-0.1, -0.05) is 22.0 Å². The van der Waals surface area contributed by atoms with Crippen LogP contribution in [-0.2, 0) is 0 Å². The molecule has 0 aliphatic heterocycles. The first-order valence-corrected chi connectivity index (χ1v) is 7.09. The van der Waals surface area contributed by atoms with Crippen molar-refractivity contribution in [2.24, 2.45) is 0 Å². The van der Waals surface area contributed by atoms with Crippen molar-refractivity contribution in [1.82, 2.24) is 0 Å². The van der Waals surface area contributed by atoms with E-state index in [0.717, 1.165) is 39.5 Å². The molecular weight excluding hydrogens is 376 g/mol. The van der Waals surface area contributed by atoms with Gasteiger partial charge in [-0.3, -0.25) is 0 Å². The third-order valence-corrected chi connectivity index (χ3v) is 3.50. The topological polar surface area (TPSA) is 9.23 Å². The van der Waals surface area contributed by atoms with E-state index < -0.39 is 0 Å². The van der Waals surface area contributed by atoms with Gasteiger partial charge in [-0.15, -0.1) is 0 Å². The van der Waals surface area contributed by atoms with Gasteiger partial charge in [0.1, 0.15) is 5.75 Å². The molecule has 0 spiro atoms. The Balaban J connectivity index is 2.49. The second-order valence-corrected chi connectivity index (χ2v) is 5.30. The van der Waals surface area contributed by atoms with Crippen LogP contribution in [0.5, 0.6) is 5.75 Å². The molecule has 1 aromatic carbocycles. The number of benzene rings is 1. The maximum absolute atomic E-state index is 5.66. The van der Waals surface area contributed by atoms with Gasteiger partial charge in [0.2, 0.25) is 0 Å². The average Bonchev–Trinajstić information content (AvgIpc) is 2.16. The fraction of sp³-hybridized carbons (Fsp3) is 0.400. The molecule has 0 fully saturated rings. The zero-order valence-corrected chi connectivity index (χ0v) is 12.4. The lowest BCUT2D eigenvalue weighted by molar-refractivity contribution is 0.306. The van der Waals surface area contributed by atoms with E-state index in [4.69, 9.17) is 4.74 Å². The average molecular weight is 387 g/mol. The quantitative estimate of drug-likeness (QED) is 0.523. The molecule has 14 heavy (non-hydrogen) atoms. The molecule has 78 valence electrons. The molecule has 0 radical (unpaired) electrons. The summed E-state index contributed by atoms with van der Waals surface area (Å²) >= 11 is 10.3. The summed E-state index contributed by atoms with van der Waals surface area (Å²) in [7, 11) is 0. The van der Waals surface area contributed by atoms with Crippen LogP contribution in [0.2, 0.25) is 0 Å². The highest BCUT2D eigenvalue weighted by Crippen LogP contribution is 2.32. The van der Waals surface area contributed by atoms with Gasteiger partial charge in [-0.25, -0.2) is 0 Å². The number of halogens is 3. The van der Waals surface area contributed by atoms with Gasteiger partial charge < -0.3 is 4.74 Å². The minimum atomic E-state index is 0.757. The Morgan fingerprint density at radius 1 is 1.07 bits per heavy atom. The van der Waals surface area contributed by atoms with E-state index in [0.29, 0.717) is 0 Å². The van der Waals surface area contributed by atoms with Gasteiger partial charge in [0.15, 0.2) is 0 Å². The van der Waals surface area contributed by atoms with Crippen LogP contribution in [0.15, 0.2) is 27.1 Å². The monoisotopic (exact) mass is 384 g/mol. The van der Waals surface area contributed by atoms with Crippen LogP contribution in [0.3, 0.4) is 0 Å². The van der Waals surface area contributed by atoms with E-state index in [9.17, 15) is 0 Å². The lowest BCUT2D eigenvalue weighted by Crippen LogP contribution is -1.98. The van der Waals surface area contributed by atoms with Crippen molar-refractivity contribution < 1.29 is 4.74 Å². The summed E-state index contributed by atoms with van der Waals surface area (Å²) in [5.41, 5.74) is 0. The van der Waals surface area contributed by atoms with E-state index in [1.54, 1.807) is 0 Å². The van der Waals surface area contributed by atoms with Crippen LogP contribution in [0.1, 0.15) is 12.8 Å². The third-order valence-electron chi connectivity index (χ3n) is 1.69. The van der Waals surface area contributed by atoms with Gasteiger partial charge >= 0.3 is 0 Å². The Labute approximate surface area is 110 Å². The summed E-state index contributed by atoms with van der Waals surface area (Å²) in [4.78, 5) is 0. The van der Waals surface area contributed by atoms with Crippen LogP contribution in [-0.4, -0.2) is 11.9 Å². The second-order valence-electron chi connectivity index (χ2n) is 2.80. The number of ether oxygens (including phenoxy) is 1. The van der Waals surface area contributed by atoms with Crippen molar-refractivity contribution in [2.75, 3.05) is 11.9 Å². The first kappa shape index (κ1) is 12.5. The van der Waals surface area contributed by atoms with Crippen LogP contribution in [0, 0.1) is 0 Å². The molecule has 0 aromatic heterocycles. The highest BCUT2D eigenvalue weighted by Gasteiger charge is 2.04. The van der Waals surface area contributed by atoms with E-state index in [1.165, 1.54) is 0 Å². The van der Waals surface area contributed by atoms with E-state index in [1.807, 2.05) is 18.2 Å². The van der Waals surface area contributed by atoms with Crippen LogP contribution in [0.25, 0.3) is 0 Å². The lowest BCUT2D eigenvalue weighted by atomic mass is 10.3. The summed E-state index contributed by atoms with van der Waals surface area (Å²) in [5, 5.41) is 1.04. The molecule has 0 aliphatic carbocycles. The van der Waals surface area contributed by atoms with Crippen LogP contribution >= 0.6 is 47.8 Å². The normalized spacial score (nSPS) is 10.2. The van der Waals surface area contributed by atoms with Gasteiger partial charge in [0.25, 0.3) is 0 Å². The molecule has 0 heterocycles. The molecule has 1 nitrogen and oxygen atoms in total. The highest BCUT2D eigenvalue weighted by molar-refractivity contribution is 9.11. The number of rotatable bonds is 5. The summed E-state index contributed by atoms with van der Waals surface area (Å²) < 4.78 is 7.64. The smallest absolute Gasteiger partial charge is 0.147 e. The van der Waals surface area contributed by atoms with Crippen LogP contribution in [0.4, 0.5) is 0 Å². The Kier molecular flexibility index (Phi) is 6.13. The van der Waals surface area contributed by atoms with Gasteiger partial charge in [-0.05, 0) is 56.8 Å². The first-order valence-electron chi connectivity index (χ1n) is 4.38. The zero-order chi connectivity index (χ0) is 10.4. The highest BCUT2D eigenvalue weighted by atomic mass is 79.9. The Bertz CT molecular complexity index is 268. The Morgan fingerprint density at radius 3 is 2.29 bits per heavy atom. The molecule has 1 rings (SSSR count). The molecule has 1 aromatic rings.